The predicted octanol–water partition coefficient (Wildman–Crippen LogP) is -2.12. The fourth-order valence-electron chi connectivity index (χ4n) is 3.54. The highest BCUT2D eigenvalue weighted by Gasteiger charge is 2.38. The number of nitrogens with two attached hydrogens (primary N) is 4. The van der Waals surface area contributed by atoms with E-state index in [4.69, 9.17) is 22.9 Å². The summed E-state index contributed by atoms with van der Waals surface area (Å²) in [5.41, 5.74) is 21.9. The van der Waals surface area contributed by atoms with Gasteiger partial charge in [-0.2, -0.15) is 0 Å². The molecule has 0 aromatic heterocycles. The molecule has 0 unspecified atom stereocenters. The van der Waals surface area contributed by atoms with Crippen molar-refractivity contribution in [2.45, 2.75) is 77.0 Å². The summed E-state index contributed by atoms with van der Waals surface area (Å²) in [7, 11) is 0. The zero-order valence-corrected chi connectivity index (χ0v) is 19.2. The molecule has 1 aliphatic rings. The lowest BCUT2D eigenvalue weighted by atomic mass is 10.0. The Hall–Kier alpha value is -2.89. The first-order valence-corrected chi connectivity index (χ1v) is 11.0. The van der Waals surface area contributed by atoms with Crippen LogP contribution in [0.15, 0.2) is 4.99 Å². The van der Waals surface area contributed by atoms with E-state index >= 15 is 0 Å². The second-order valence-corrected chi connectivity index (χ2v) is 8.57. The normalized spacial score (nSPS) is 18.5. The van der Waals surface area contributed by atoms with Crippen molar-refractivity contribution < 1.29 is 19.2 Å². The summed E-state index contributed by atoms with van der Waals surface area (Å²) in [6.07, 6.45) is 2.26. The second kappa shape index (κ2) is 12.8. The number of likely N-dealkylation sites (tertiary alicyclic amines) is 1. The van der Waals surface area contributed by atoms with Crippen molar-refractivity contribution >= 4 is 29.6 Å². The third-order valence-corrected chi connectivity index (χ3v) is 5.25. The number of hydrogen-bond acceptors (Lipinski definition) is 6. The lowest BCUT2D eigenvalue weighted by molar-refractivity contribution is -0.142. The van der Waals surface area contributed by atoms with Gasteiger partial charge in [0, 0.05) is 13.1 Å². The van der Waals surface area contributed by atoms with Gasteiger partial charge in [0.15, 0.2) is 5.96 Å². The van der Waals surface area contributed by atoms with Crippen molar-refractivity contribution in [3.63, 3.8) is 0 Å². The van der Waals surface area contributed by atoms with Gasteiger partial charge in [0.2, 0.25) is 23.6 Å². The third kappa shape index (κ3) is 8.69. The van der Waals surface area contributed by atoms with Crippen LogP contribution in [0.1, 0.15) is 52.9 Å². The van der Waals surface area contributed by atoms with Gasteiger partial charge < -0.3 is 38.5 Å². The minimum atomic E-state index is -0.878. The van der Waals surface area contributed by atoms with Crippen LogP contribution in [-0.4, -0.2) is 71.7 Å². The molecule has 0 spiro atoms. The van der Waals surface area contributed by atoms with Crippen LogP contribution in [0.25, 0.3) is 0 Å². The molecule has 0 aliphatic carbocycles. The smallest absolute Gasteiger partial charge is 0.245 e. The standard InChI is InChI=1S/C20H38N8O4/c1-11(2)10-13(21)17(30)27-14(6-4-8-25-20(23)24)19(32)28-9-5-7-15(28)18(31)26-12(3)16(22)29/h11-15H,4-10,21H2,1-3H3,(H2,22,29)(H,26,31)(H,27,30)(H4,23,24,25)/t12-,13+,14-,15+/m1/s1. The van der Waals surface area contributed by atoms with E-state index in [2.05, 4.69) is 15.6 Å². The number of hydrogen-bond donors (Lipinski definition) is 6. The summed E-state index contributed by atoms with van der Waals surface area (Å²) >= 11 is 0. The molecular formula is C20H38N8O4. The van der Waals surface area contributed by atoms with Gasteiger partial charge in [0.1, 0.15) is 18.1 Å². The van der Waals surface area contributed by atoms with E-state index < -0.39 is 41.9 Å². The minimum Gasteiger partial charge on any atom is -0.370 e. The maximum absolute atomic E-state index is 13.3. The van der Waals surface area contributed by atoms with Gasteiger partial charge >= 0.3 is 0 Å². The molecule has 182 valence electrons. The van der Waals surface area contributed by atoms with Crippen LogP contribution in [0, 0.1) is 5.92 Å². The van der Waals surface area contributed by atoms with Gasteiger partial charge in [-0.25, -0.2) is 0 Å². The Balaban J connectivity index is 2.93. The van der Waals surface area contributed by atoms with Crippen LogP contribution in [0.4, 0.5) is 0 Å². The van der Waals surface area contributed by atoms with Gasteiger partial charge in [-0.1, -0.05) is 13.8 Å². The Kier molecular flexibility index (Phi) is 10.9. The number of carbonyl (C=O) groups is 4. The van der Waals surface area contributed by atoms with Crippen LogP contribution < -0.4 is 33.6 Å². The van der Waals surface area contributed by atoms with E-state index in [9.17, 15) is 19.2 Å². The van der Waals surface area contributed by atoms with E-state index in [-0.39, 0.29) is 24.2 Å². The van der Waals surface area contributed by atoms with Crippen molar-refractivity contribution in [1.29, 1.82) is 0 Å². The molecule has 12 heteroatoms. The van der Waals surface area contributed by atoms with E-state index in [0.717, 1.165) is 0 Å². The number of guanidine groups is 1. The van der Waals surface area contributed by atoms with Crippen LogP contribution in [0.5, 0.6) is 0 Å². The van der Waals surface area contributed by atoms with Crippen molar-refractivity contribution in [1.82, 2.24) is 15.5 Å². The molecular weight excluding hydrogens is 416 g/mol. The first-order valence-electron chi connectivity index (χ1n) is 11.0. The summed E-state index contributed by atoms with van der Waals surface area (Å²) in [5.74, 6) is -1.78. The van der Waals surface area contributed by atoms with Gasteiger partial charge in [-0.15, -0.1) is 0 Å². The van der Waals surface area contributed by atoms with Gasteiger partial charge in [-0.05, 0) is 44.9 Å². The summed E-state index contributed by atoms with van der Waals surface area (Å²) < 4.78 is 0. The fourth-order valence-corrected chi connectivity index (χ4v) is 3.54. The molecule has 1 aliphatic heterocycles. The zero-order valence-electron chi connectivity index (χ0n) is 19.2. The van der Waals surface area contributed by atoms with E-state index in [1.165, 1.54) is 11.8 Å². The van der Waals surface area contributed by atoms with E-state index in [1.54, 1.807) is 0 Å². The first-order chi connectivity index (χ1) is 14.9. The quantitative estimate of drug-likeness (QED) is 0.109. The molecule has 0 radical (unpaired) electrons. The van der Waals surface area contributed by atoms with Gasteiger partial charge in [0.25, 0.3) is 0 Å². The highest BCUT2D eigenvalue weighted by Crippen LogP contribution is 2.20. The largest absolute Gasteiger partial charge is 0.370 e. The molecule has 12 nitrogen and oxygen atoms in total. The maximum atomic E-state index is 13.3. The SMILES string of the molecule is CC(C)C[C@H](N)C(=O)N[C@H](CCCN=C(N)N)C(=O)N1CCC[C@H]1C(=O)N[C@H](C)C(N)=O. The average Bonchev–Trinajstić information content (AvgIpc) is 3.18. The molecule has 0 aromatic carbocycles. The second-order valence-electron chi connectivity index (χ2n) is 8.57. The Morgan fingerprint density at radius 3 is 2.31 bits per heavy atom. The Morgan fingerprint density at radius 1 is 1.09 bits per heavy atom. The van der Waals surface area contributed by atoms with Crippen LogP contribution in [0.3, 0.4) is 0 Å². The number of primary amides is 1. The number of aliphatic imine (C=N–C) groups is 1. The summed E-state index contributed by atoms with van der Waals surface area (Å²) in [4.78, 5) is 55.1. The lowest BCUT2D eigenvalue weighted by Gasteiger charge is -2.30. The van der Waals surface area contributed by atoms with Crippen molar-refractivity contribution in [2.24, 2.45) is 33.8 Å². The first kappa shape index (κ1) is 27.1. The summed E-state index contributed by atoms with van der Waals surface area (Å²) in [5, 5.41) is 5.26. The molecule has 1 rings (SSSR count). The molecule has 0 bridgehead atoms. The molecule has 1 heterocycles. The van der Waals surface area contributed by atoms with Crippen molar-refractivity contribution in [3.05, 3.63) is 0 Å². The minimum absolute atomic E-state index is 0.0595. The van der Waals surface area contributed by atoms with Crippen molar-refractivity contribution in [2.75, 3.05) is 13.1 Å². The monoisotopic (exact) mass is 454 g/mol. The average molecular weight is 455 g/mol. The number of amides is 4. The highest BCUT2D eigenvalue weighted by atomic mass is 16.2. The van der Waals surface area contributed by atoms with Gasteiger partial charge in [-0.3, -0.25) is 24.2 Å². The lowest BCUT2D eigenvalue weighted by Crippen LogP contribution is -2.57. The molecule has 32 heavy (non-hydrogen) atoms. The molecule has 4 amide bonds. The third-order valence-electron chi connectivity index (χ3n) is 5.25. The van der Waals surface area contributed by atoms with Crippen molar-refractivity contribution in [3.8, 4) is 0 Å². The number of carbonyl (C=O) groups excluding carboxylic acids is 4. The molecule has 0 aromatic rings. The Morgan fingerprint density at radius 2 is 1.75 bits per heavy atom. The van der Waals surface area contributed by atoms with Crippen LogP contribution in [0.2, 0.25) is 0 Å². The van der Waals surface area contributed by atoms with E-state index in [1.807, 2.05) is 13.8 Å². The number of nitrogens with one attached hydrogen (secondary N) is 2. The molecule has 10 N–H and O–H groups in total. The maximum Gasteiger partial charge on any atom is 0.245 e. The van der Waals surface area contributed by atoms with E-state index in [0.29, 0.717) is 38.8 Å². The molecule has 1 fully saturated rings. The van der Waals surface area contributed by atoms with Gasteiger partial charge in [0.05, 0.1) is 6.04 Å². The fraction of sp³-hybridized carbons (Fsp3) is 0.750. The topological polar surface area (TPSA) is 212 Å². The molecule has 0 saturated carbocycles. The molecule has 4 atom stereocenters. The van der Waals surface area contributed by atoms with Crippen LogP contribution >= 0.6 is 0 Å². The zero-order chi connectivity index (χ0) is 24.4. The summed E-state index contributed by atoms with van der Waals surface area (Å²) in [6.45, 7) is 6.03. The number of nitrogens with zero attached hydrogens (tertiary/aromatic N) is 2. The Labute approximate surface area is 188 Å². The molecule has 1 saturated heterocycles. The number of rotatable bonds is 12. The highest BCUT2D eigenvalue weighted by molar-refractivity contribution is 5.94. The van der Waals surface area contributed by atoms with Crippen LogP contribution in [-0.2, 0) is 19.2 Å². The summed E-state index contributed by atoms with van der Waals surface area (Å²) in [6, 6.07) is -3.23. The Bertz CT molecular complexity index is 708. The predicted molar refractivity (Wildman–Crippen MR) is 121 cm³/mol.